The highest BCUT2D eigenvalue weighted by molar-refractivity contribution is 5.64. The average molecular weight is 287 g/mol. The predicted molar refractivity (Wildman–Crippen MR) is 75.8 cm³/mol. The maximum absolute atomic E-state index is 5.92. The van der Waals surface area contributed by atoms with E-state index in [1.54, 1.807) is 13.2 Å². The maximum atomic E-state index is 5.92. The molecule has 21 heavy (non-hydrogen) atoms. The number of anilines is 1. The van der Waals surface area contributed by atoms with Gasteiger partial charge in [-0.2, -0.15) is 0 Å². The summed E-state index contributed by atoms with van der Waals surface area (Å²) in [5.41, 5.74) is 7.41. The van der Waals surface area contributed by atoms with Crippen molar-refractivity contribution in [3.63, 3.8) is 0 Å². The highest BCUT2D eigenvalue weighted by Crippen LogP contribution is 2.42. The van der Waals surface area contributed by atoms with Gasteiger partial charge >= 0.3 is 0 Å². The molecule has 2 aromatic rings. The Balaban J connectivity index is 1.73. The summed E-state index contributed by atoms with van der Waals surface area (Å²) in [4.78, 5) is 0. The van der Waals surface area contributed by atoms with Crippen LogP contribution in [0.1, 0.15) is 25.3 Å². The van der Waals surface area contributed by atoms with E-state index in [-0.39, 0.29) is 12.1 Å². The highest BCUT2D eigenvalue weighted by atomic mass is 16.5. The lowest BCUT2D eigenvalue weighted by Crippen LogP contribution is -2.22. The number of rotatable bonds is 3. The fourth-order valence-corrected chi connectivity index (χ4v) is 3.34. The molecular formula is C14H17N5O2. The summed E-state index contributed by atoms with van der Waals surface area (Å²) >= 11 is 0. The van der Waals surface area contributed by atoms with E-state index >= 15 is 0 Å². The first-order valence-electron chi connectivity index (χ1n) is 7.13. The smallest absolute Gasteiger partial charge is 0.182 e. The number of hydrogen-bond acceptors (Lipinski definition) is 6. The molecule has 4 rings (SSSR count). The number of tetrazole rings is 1. The summed E-state index contributed by atoms with van der Waals surface area (Å²) in [5, 5.41) is 12.2. The van der Waals surface area contributed by atoms with E-state index < -0.39 is 0 Å². The first-order chi connectivity index (χ1) is 10.2. The minimum atomic E-state index is 0.209. The molecule has 2 bridgehead atoms. The number of benzene rings is 1. The van der Waals surface area contributed by atoms with Crippen LogP contribution in [-0.4, -0.2) is 39.5 Å². The third-order valence-corrected chi connectivity index (χ3v) is 4.30. The fraction of sp³-hybridized carbons (Fsp3) is 0.500. The molecule has 2 N–H and O–H groups in total. The number of methoxy groups -OCH3 is 1. The third-order valence-electron chi connectivity index (χ3n) is 4.30. The van der Waals surface area contributed by atoms with Crippen LogP contribution in [0, 0.1) is 0 Å². The standard InChI is InChI=1S/C14H17N5O2/c1-20-11-5-8(4-9(15)6-11)14-16-17-18-19(14)12-7-10-2-3-13(12)21-10/h4-6,10,12-13H,2-3,7,15H2,1H3. The molecule has 3 unspecified atom stereocenters. The van der Waals surface area contributed by atoms with Gasteiger partial charge in [-0.05, 0) is 41.8 Å². The fourth-order valence-electron chi connectivity index (χ4n) is 3.34. The summed E-state index contributed by atoms with van der Waals surface area (Å²) in [6.07, 6.45) is 3.77. The summed E-state index contributed by atoms with van der Waals surface area (Å²) in [7, 11) is 1.62. The maximum Gasteiger partial charge on any atom is 0.182 e. The van der Waals surface area contributed by atoms with Gasteiger partial charge in [0.15, 0.2) is 5.82 Å². The molecular weight excluding hydrogens is 270 g/mol. The van der Waals surface area contributed by atoms with Crippen molar-refractivity contribution >= 4 is 5.69 Å². The molecule has 110 valence electrons. The Labute approximate surface area is 122 Å². The van der Waals surface area contributed by atoms with Crippen LogP contribution in [0.2, 0.25) is 0 Å². The number of fused-ring (bicyclic) bond motifs is 2. The Hall–Kier alpha value is -2.15. The summed E-state index contributed by atoms with van der Waals surface area (Å²) in [5.74, 6) is 1.41. The highest BCUT2D eigenvalue weighted by Gasteiger charge is 2.43. The second-order valence-corrected chi connectivity index (χ2v) is 5.62. The first kappa shape index (κ1) is 12.6. The van der Waals surface area contributed by atoms with Crippen LogP contribution in [0.15, 0.2) is 18.2 Å². The Morgan fingerprint density at radius 1 is 1.33 bits per heavy atom. The van der Waals surface area contributed by atoms with Gasteiger partial charge in [0.05, 0.1) is 25.4 Å². The zero-order valence-corrected chi connectivity index (χ0v) is 11.8. The Bertz CT molecular complexity index is 671. The van der Waals surface area contributed by atoms with E-state index in [9.17, 15) is 0 Å². The molecule has 7 heteroatoms. The zero-order valence-electron chi connectivity index (χ0n) is 11.8. The van der Waals surface area contributed by atoms with E-state index in [2.05, 4.69) is 15.5 Å². The lowest BCUT2D eigenvalue weighted by molar-refractivity contribution is 0.0922. The predicted octanol–water partition coefficient (Wildman–Crippen LogP) is 1.42. The van der Waals surface area contributed by atoms with E-state index in [4.69, 9.17) is 15.2 Å². The van der Waals surface area contributed by atoms with Crippen molar-refractivity contribution in [2.75, 3.05) is 12.8 Å². The third kappa shape index (κ3) is 2.04. The van der Waals surface area contributed by atoms with Gasteiger partial charge in [0.25, 0.3) is 0 Å². The molecule has 0 amide bonds. The number of nitrogens with two attached hydrogens (primary N) is 1. The number of nitrogen functional groups attached to an aromatic ring is 1. The van der Waals surface area contributed by atoms with Crippen LogP contribution < -0.4 is 10.5 Å². The van der Waals surface area contributed by atoms with Gasteiger partial charge in [-0.15, -0.1) is 5.10 Å². The zero-order chi connectivity index (χ0) is 14.4. The Morgan fingerprint density at radius 2 is 2.24 bits per heavy atom. The van der Waals surface area contributed by atoms with Crippen LogP contribution in [-0.2, 0) is 4.74 Å². The Morgan fingerprint density at radius 3 is 2.95 bits per heavy atom. The number of nitrogens with zero attached hydrogens (tertiary/aromatic N) is 4. The van der Waals surface area contributed by atoms with E-state index in [0.717, 1.165) is 24.8 Å². The van der Waals surface area contributed by atoms with Gasteiger partial charge in [0.1, 0.15) is 5.75 Å². The van der Waals surface area contributed by atoms with Gasteiger partial charge < -0.3 is 15.2 Å². The largest absolute Gasteiger partial charge is 0.497 e. The second kappa shape index (κ2) is 4.70. The molecule has 2 saturated heterocycles. The van der Waals surface area contributed by atoms with Gasteiger partial charge in [0, 0.05) is 17.3 Å². The molecule has 2 aliphatic heterocycles. The topological polar surface area (TPSA) is 88.1 Å². The lowest BCUT2D eigenvalue weighted by Gasteiger charge is -2.19. The van der Waals surface area contributed by atoms with Crippen molar-refractivity contribution in [1.82, 2.24) is 20.2 Å². The van der Waals surface area contributed by atoms with Crippen LogP contribution in [0.3, 0.4) is 0 Å². The summed E-state index contributed by atoms with van der Waals surface area (Å²) in [6, 6.07) is 5.74. The quantitative estimate of drug-likeness (QED) is 0.859. The van der Waals surface area contributed by atoms with Gasteiger partial charge in [-0.1, -0.05) is 0 Å². The van der Waals surface area contributed by atoms with Crippen molar-refractivity contribution < 1.29 is 9.47 Å². The van der Waals surface area contributed by atoms with Gasteiger partial charge in [-0.3, -0.25) is 0 Å². The average Bonchev–Trinajstić information content (AvgIpc) is 3.21. The van der Waals surface area contributed by atoms with Gasteiger partial charge in [-0.25, -0.2) is 4.68 Å². The molecule has 0 saturated carbocycles. The Kier molecular flexibility index (Phi) is 2.81. The molecule has 3 atom stereocenters. The summed E-state index contributed by atoms with van der Waals surface area (Å²) < 4.78 is 13.0. The molecule has 0 aliphatic carbocycles. The molecule has 0 spiro atoms. The minimum absolute atomic E-state index is 0.209. The van der Waals surface area contributed by atoms with Crippen LogP contribution in [0.4, 0.5) is 5.69 Å². The number of ether oxygens (including phenoxy) is 2. The van der Waals surface area contributed by atoms with Crippen molar-refractivity contribution in [2.45, 2.75) is 37.5 Å². The SMILES string of the molecule is COc1cc(N)cc(-c2nnnn2C2CC3CCC2O3)c1. The van der Waals surface area contributed by atoms with Crippen molar-refractivity contribution in [3.8, 4) is 17.1 Å². The van der Waals surface area contributed by atoms with Crippen molar-refractivity contribution in [1.29, 1.82) is 0 Å². The molecule has 0 radical (unpaired) electrons. The van der Waals surface area contributed by atoms with E-state index in [0.29, 0.717) is 23.4 Å². The lowest BCUT2D eigenvalue weighted by atomic mass is 9.95. The first-order valence-corrected chi connectivity index (χ1v) is 7.13. The number of hydrogen-bond donors (Lipinski definition) is 1. The molecule has 7 nitrogen and oxygen atoms in total. The molecule has 2 fully saturated rings. The second-order valence-electron chi connectivity index (χ2n) is 5.62. The molecule has 3 heterocycles. The number of aromatic nitrogens is 4. The molecule has 1 aromatic heterocycles. The monoisotopic (exact) mass is 287 g/mol. The molecule has 1 aromatic carbocycles. The van der Waals surface area contributed by atoms with Crippen molar-refractivity contribution in [3.05, 3.63) is 18.2 Å². The minimum Gasteiger partial charge on any atom is -0.497 e. The van der Waals surface area contributed by atoms with Crippen molar-refractivity contribution in [2.24, 2.45) is 0 Å². The van der Waals surface area contributed by atoms with Crippen LogP contribution in [0.5, 0.6) is 5.75 Å². The van der Waals surface area contributed by atoms with E-state index in [1.807, 2.05) is 16.8 Å². The van der Waals surface area contributed by atoms with Crippen LogP contribution in [0.25, 0.3) is 11.4 Å². The normalized spacial score (nSPS) is 27.2. The van der Waals surface area contributed by atoms with Crippen LogP contribution >= 0.6 is 0 Å². The van der Waals surface area contributed by atoms with Gasteiger partial charge in [0.2, 0.25) is 0 Å². The summed E-state index contributed by atoms with van der Waals surface area (Å²) in [6.45, 7) is 0. The molecule has 2 aliphatic rings. The van der Waals surface area contributed by atoms with E-state index in [1.165, 1.54) is 0 Å².